The van der Waals surface area contributed by atoms with Crippen LogP contribution in [0.5, 0.6) is 0 Å². The highest BCUT2D eigenvalue weighted by atomic mass is 32.2. The molecule has 0 spiro atoms. The van der Waals surface area contributed by atoms with Crippen molar-refractivity contribution in [3.05, 3.63) is 71.5 Å². The maximum atomic E-state index is 11.8. The molecule has 2 heterocycles. The summed E-state index contributed by atoms with van der Waals surface area (Å²) in [7, 11) is -6.72. The predicted octanol–water partition coefficient (Wildman–Crippen LogP) is 2.33. The van der Waals surface area contributed by atoms with E-state index in [4.69, 9.17) is 0 Å². The molecule has 2 N–H and O–H groups in total. The van der Waals surface area contributed by atoms with E-state index in [1.54, 1.807) is 12.1 Å². The van der Waals surface area contributed by atoms with Crippen LogP contribution in [0.15, 0.2) is 64.6 Å². The van der Waals surface area contributed by atoms with Gasteiger partial charge in [-0.15, -0.1) is 0 Å². The molecule has 0 radical (unpaired) electrons. The number of sulfone groups is 2. The molecule has 8 heteroatoms. The van der Waals surface area contributed by atoms with E-state index in [2.05, 4.69) is 9.97 Å². The molecular formula is C17H18N2O4S2. The highest BCUT2D eigenvalue weighted by Gasteiger charge is 2.23. The van der Waals surface area contributed by atoms with Crippen molar-refractivity contribution < 1.29 is 16.8 Å². The van der Waals surface area contributed by atoms with E-state index in [0.717, 1.165) is 18.1 Å². The van der Waals surface area contributed by atoms with E-state index >= 15 is 0 Å². The quantitative estimate of drug-likeness (QED) is 0.712. The first-order valence-corrected chi connectivity index (χ1v) is 11.3. The van der Waals surface area contributed by atoms with Gasteiger partial charge < -0.3 is 9.97 Å². The van der Waals surface area contributed by atoms with Gasteiger partial charge in [-0.2, -0.15) is 0 Å². The molecule has 0 aliphatic carbocycles. The largest absolute Gasteiger partial charge is 0.349 e. The highest BCUT2D eigenvalue weighted by molar-refractivity contribution is 7.90. The van der Waals surface area contributed by atoms with Crippen molar-refractivity contribution in [1.29, 1.82) is 0 Å². The SMILES string of the molecule is CS(=O)(=O)c1ccc(C(c2ccccc2)c2ccc(S(C)(=O)=O)[nH]2)[nH]1. The smallest absolute Gasteiger partial charge is 0.190 e. The van der Waals surface area contributed by atoms with Crippen molar-refractivity contribution in [2.75, 3.05) is 12.5 Å². The van der Waals surface area contributed by atoms with Crippen LogP contribution in [0.25, 0.3) is 0 Å². The van der Waals surface area contributed by atoms with Crippen LogP contribution in [0.4, 0.5) is 0 Å². The number of aromatic nitrogens is 2. The molecule has 0 aliphatic heterocycles. The molecule has 2 aromatic heterocycles. The van der Waals surface area contributed by atoms with E-state index in [0.29, 0.717) is 11.4 Å². The summed E-state index contributed by atoms with van der Waals surface area (Å²) in [6, 6.07) is 15.9. The second-order valence-electron chi connectivity index (χ2n) is 5.94. The van der Waals surface area contributed by atoms with Crippen LogP contribution in [-0.4, -0.2) is 39.3 Å². The fourth-order valence-electron chi connectivity index (χ4n) is 2.72. The summed E-state index contributed by atoms with van der Waals surface area (Å²) in [5, 5.41) is 0.247. The van der Waals surface area contributed by atoms with Gasteiger partial charge in [0.25, 0.3) is 0 Å². The molecule has 0 aliphatic rings. The molecule has 0 bridgehead atoms. The van der Waals surface area contributed by atoms with E-state index in [1.807, 2.05) is 30.3 Å². The van der Waals surface area contributed by atoms with Gasteiger partial charge in [0.15, 0.2) is 19.7 Å². The molecule has 1 aromatic carbocycles. The molecule has 25 heavy (non-hydrogen) atoms. The van der Waals surface area contributed by atoms with E-state index in [-0.39, 0.29) is 16.0 Å². The molecule has 132 valence electrons. The number of nitrogens with one attached hydrogen (secondary N) is 2. The monoisotopic (exact) mass is 378 g/mol. The lowest BCUT2D eigenvalue weighted by Crippen LogP contribution is -2.06. The van der Waals surface area contributed by atoms with Crippen LogP contribution >= 0.6 is 0 Å². The fourth-order valence-corrected chi connectivity index (χ4v) is 3.96. The Morgan fingerprint density at radius 1 is 0.680 bits per heavy atom. The zero-order chi connectivity index (χ0) is 18.2. The molecule has 3 aromatic rings. The van der Waals surface area contributed by atoms with Crippen molar-refractivity contribution in [2.45, 2.75) is 16.0 Å². The van der Waals surface area contributed by atoms with Crippen LogP contribution in [-0.2, 0) is 19.7 Å². The first-order valence-electron chi connectivity index (χ1n) is 7.49. The minimum absolute atomic E-state index is 0.123. The Morgan fingerprint density at radius 3 is 1.48 bits per heavy atom. The first kappa shape index (κ1) is 17.5. The average Bonchev–Trinajstić information content (AvgIpc) is 3.17. The summed E-state index contributed by atoms with van der Waals surface area (Å²) in [6.45, 7) is 0. The average molecular weight is 378 g/mol. The molecule has 0 fully saturated rings. The number of hydrogen-bond acceptors (Lipinski definition) is 4. The minimum Gasteiger partial charge on any atom is -0.349 e. The van der Waals surface area contributed by atoms with Gasteiger partial charge in [-0.1, -0.05) is 30.3 Å². The molecule has 3 rings (SSSR count). The van der Waals surface area contributed by atoms with Crippen molar-refractivity contribution >= 4 is 19.7 Å². The van der Waals surface area contributed by atoms with Gasteiger partial charge in [0.05, 0.1) is 5.92 Å². The van der Waals surface area contributed by atoms with Gasteiger partial charge >= 0.3 is 0 Å². The summed E-state index contributed by atoms with van der Waals surface area (Å²) < 4.78 is 47.0. The van der Waals surface area contributed by atoms with E-state index < -0.39 is 19.7 Å². The Bertz CT molecular complexity index is 1020. The summed E-state index contributed by atoms with van der Waals surface area (Å²) in [4.78, 5) is 5.88. The zero-order valence-corrected chi connectivity index (χ0v) is 15.4. The van der Waals surface area contributed by atoms with Crippen LogP contribution in [0, 0.1) is 0 Å². The summed E-state index contributed by atoms with van der Waals surface area (Å²) >= 11 is 0. The van der Waals surface area contributed by atoms with Crippen LogP contribution < -0.4 is 0 Å². The van der Waals surface area contributed by atoms with Gasteiger partial charge in [-0.25, -0.2) is 16.8 Å². The Balaban J connectivity index is 2.14. The fraction of sp³-hybridized carbons (Fsp3) is 0.176. The van der Waals surface area contributed by atoms with Crippen molar-refractivity contribution in [3.63, 3.8) is 0 Å². The number of hydrogen-bond donors (Lipinski definition) is 2. The lowest BCUT2D eigenvalue weighted by atomic mass is 9.93. The third-order valence-electron chi connectivity index (χ3n) is 3.92. The molecule has 0 amide bonds. The van der Waals surface area contributed by atoms with Gasteiger partial charge in [0, 0.05) is 23.9 Å². The maximum absolute atomic E-state index is 11.8. The Kier molecular flexibility index (Phi) is 4.34. The topological polar surface area (TPSA) is 99.9 Å². The van der Waals surface area contributed by atoms with Crippen LogP contribution in [0.2, 0.25) is 0 Å². The third-order valence-corrected chi connectivity index (χ3v) is 5.99. The normalized spacial score (nSPS) is 12.6. The number of H-pyrrole nitrogens is 2. The number of benzene rings is 1. The van der Waals surface area contributed by atoms with Crippen LogP contribution in [0.3, 0.4) is 0 Å². The van der Waals surface area contributed by atoms with Crippen molar-refractivity contribution in [3.8, 4) is 0 Å². The lowest BCUT2D eigenvalue weighted by Gasteiger charge is -2.15. The molecular weight excluding hydrogens is 360 g/mol. The van der Waals surface area contributed by atoms with E-state index in [1.165, 1.54) is 12.1 Å². The molecule has 6 nitrogen and oxygen atoms in total. The summed E-state index contributed by atoms with van der Waals surface area (Å²) in [5.74, 6) is -0.341. The zero-order valence-electron chi connectivity index (χ0n) is 13.7. The van der Waals surface area contributed by atoms with Gasteiger partial charge in [0.2, 0.25) is 0 Å². The highest BCUT2D eigenvalue weighted by Crippen LogP contribution is 2.32. The molecule has 0 saturated heterocycles. The third kappa shape index (κ3) is 3.69. The Morgan fingerprint density at radius 2 is 1.12 bits per heavy atom. The summed E-state index contributed by atoms with van der Waals surface area (Å²) in [6.07, 6.45) is 2.27. The van der Waals surface area contributed by atoms with Crippen LogP contribution in [0.1, 0.15) is 22.9 Å². The number of aromatic amines is 2. The Labute approximate surface area is 146 Å². The standard InChI is InChI=1S/C17H18N2O4S2/c1-24(20,21)15-10-8-13(18-15)17(12-6-4-3-5-7-12)14-9-11-16(19-14)25(2,22)23/h3-11,17-19H,1-2H3. The first-order chi connectivity index (χ1) is 11.7. The van der Waals surface area contributed by atoms with Crippen molar-refractivity contribution in [1.82, 2.24) is 9.97 Å². The molecule has 0 saturated carbocycles. The predicted molar refractivity (Wildman–Crippen MR) is 95.2 cm³/mol. The summed E-state index contributed by atoms with van der Waals surface area (Å²) in [5.41, 5.74) is 2.23. The Hall–Kier alpha value is -2.32. The molecule has 0 atom stereocenters. The second kappa shape index (κ2) is 6.20. The molecule has 0 unspecified atom stereocenters. The van der Waals surface area contributed by atoms with Gasteiger partial charge in [0.1, 0.15) is 10.1 Å². The van der Waals surface area contributed by atoms with Crippen molar-refractivity contribution in [2.24, 2.45) is 0 Å². The second-order valence-corrected chi connectivity index (χ2v) is 9.91. The minimum atomic E-state index is -3.36. The van der Waals surface area contributed by atoms with Gasteiger partial charge in [-0.3, -0.25) is 0 Å². The number of rotatable bonds is 5. The maximum Gasteiger partial charge on any atom is 0.190 e. The lowest BCUT2D eigenvalue weighted by molar-refractivity contribution is 0.597. The van der Waals surface area contributed by atoms with Gasteiger partial charge in [-0.05, 0) is 29.8 Å². The van der Waals surface area contributed by atoms with E-state index in [9.17, 15) is 16.8 Å².